The number of anilines is 1. The first-order valence-corrected chi connectivity index (χ1v) is 11.4. The van der Waals surface area contributed by atoms with E-state index in [2.05, 4.69) is 0 Å². The number of benzene rings is 3. The van der Waals surface area contributed by atoms with Gasteiger partial charge in [0.15, 0.2) is 0 Å². The molecule has 0 bridgehead atoms. The molecule has 6 nitrogen and oxygen atoms in total. The Balaban J connectivity index is 1.43. The molecule has 3 aromatic carbocycles. The Hall–Kier alpha value is -4.19. The average Bonchev–Trinajstić information content (AvgIpc) is 3.49. The molecule has 5 rings (SSSR count). The molecule has 1 aliphatic heterocycles. The largest absolute Gasteiger partial charge is 0.337 e. The fourth-order valence-electron chi connectivity index (χ4n) is 4.49. The summed E-state index contributed by atoms with van der Waals surface area (Å²) in [6, 6.07) is 25.6. The molecule has 0 saturated carbocycles. The first kappa shape index (κ1) is 21.6. The van der Waals surface area contributed by atoms with Crippen LogP contribution in [0, 0.1) is 0 Å². The van der Waals surface area contributed by atoms with Crippen molar-refractivity contribution in [1.29, 1.82) is 0 Å². The van der Waals surface area contributed by atoms with Crippen LogP contribution in [0.2, 0.25) is 0 Å². The van der Waals surface area contributed by atoms with E-state index < -0.39 is 0 Å². The summed E-state index contributed by atoms with van der Waals surface area (Å²) in [6.45, 7) is 2.66. The van der Waals surface area contributed by atoms with Crippen molar-refractivity contribution in [2.24, 2.45) is 0 Å². The molecule has 0 saturated heterocycles. The standard InChI is InChI=1S/C28H26N4O2/c1-20(33)31-16-15-22-17-23(13-14-26(22)31)28(34)30(2)18-24-19-32(25-11-7-4-8-12-25)29-27(24)21-9-5-3-6-10-21/h3-14,17,19H,15-16,18H2,1-2H3. The van der Waals surface area contributed by atoms with Crippen molar-refractivity contribution in [3.05, 3.63) is 102 Å². The Morgan fingerprint density at radius 1 is 0.971 bits per heavy atom. The number of fused-ring (bicyclic) bond motifs is 1. The van der Waals surface area contributed by atoms with Gasteiger partial charge in [-0.25, -0.2) is 4.68 Å². The predicted molar refractivity (Wildman–Crippen MR) is 133 cm³/mol. The van der Waals surface area contributed by atoms with E-state index in [0.717, 1.165) is 40.2 Å². The summed E-state index contributed by atoms with van der Waals surface area (Å²) >= 11 is 0. The van der Waals surface area contributed by atoms with E-state index in [9.17, 15) is 9.59 Å². The molecule has 0 fully saturated rings. The molecule has 34 heavy (non-hydrogen) atoms. The molecule has 2 amide bonds. The van der Waals surface area contributed by atoms with Crippen molar-refractivity contribution >= 4 is 17.5 Å². The van der Waals surface area contributed by atoms with Crippen LogP contribution in [0.5, 0.6) is 0 Å². The van der Waals surface area contributed by atoms with E-state index in [1.165, 1.54) is 0 Å². The van der Waals surface area contributed by atoms with Crippen LogP contribution in [0.3, 0.4) is 0 Å². The van der Waals surface area contributed by atoms with Crippen LogP contribution in [-0.2, 0) is 17.8 Å². The number of aromatic nitrogens is 2. The van der Waals surface area contributed by atoms with Crippen LogP contribution in [-0.4, -0.2) is 40.1 Å². The van der Waals surface area contributed by atoms with Gasteiger partial charge in [-0.1, -0.05) is 48.5 Å². The topological polar surface area (TPSA) is 58.4 Å². The molecule has 2 heterocycles. The van der Waals surface area contributed by atoms with E-state index in [0.29, 0.717) is 18.7 Å². The number of hydrogen-bond acceptors (Lipinski definition) is 3. The van der Waals surface area contributed by atoms with Gasteiger partial charge in [0.1, 0.15) is 0 Å². The summed E-state index contributed by atoms with van der Waals surface area (Å²) in [6.07, 6.45) is 2.76. The monoisotopic (exact) mass is 450 g/mol. The highest BCUT2D eigenvalue weighted by Crippen LogP contribution is 2.30. The van der Waals surface area contributed by atoms with Crippen molar-refractivity contribution in [2.45, 2.75) is 19.9 Å². The first-order chi connectivity index (χ1) is 16.5. The number of para-hydroxylation sites is 1. The Kier molecular flexibility index (Phi) is 5.72. The van der Waals surface area contributed by atoms with Gasteiger partial charge in [-0.2, -0.15) is 5.10 Å². The highest BCUT2D eigenvalue weighted by Gasteiger charge is 2.24. The molecule has 0 spiro atoms. The molecule has 0 unspecified atom stereocenters. The summed E-state index contributed by atoms with van der Waals surface area (Å²) in [5.74, 6) is -0.0330. The predicted octanol–water partition coefficient (Wildman–Crippen LogP) is 4.72. The molecule has 0 radical (unpaired) electrons. The van der Waals surface area contributed by atoms with Crippen molar-refractivity contribution < 1.29 is 9.59 Å². The molecule has 1 aliphatic rings. The van der Waals surface area contributed by atoms with Gasteiger partial charge in [0, 0.05) is 55.6 Å². The molecular weight excluding hydrogens is 424 g/mol. The van der Waals surface area contributed by atoms with Crippen LogP contribution in [0.4, 0.5) is 5.69 Å². The zero-order valence-corrected chi connectivity index (χ0v) is 19.3. The normalized spacial score (nSPS) is 12.5. The minimum absolute atomic E-state index is 0.0267. The Labute approximate surface area is 199 Å². The zero-order chi connectivity index (χ0) is 23.7. The lowest BCUT2D eigenvalue weighted by Gasteiger charge is -2.19. The third-order valence-electron chi connectivity index (χ3n) is 6.21. The third kappa shape index (κ3) is 4.10. The van der Waals surface area contributed by atoms with Gasteiger partial charge in [-0.3, -0.25) is 9.59 Å². The molecule has 0 N–H and O–H groups in total. The Bertz CT molecular complexity index is 1350. The van der Waals surface area contributed by atoms with Crippen molar-refractivity contribution in [2.75, 3.05) is 18.5 Å². The summed E-state index contributed by atoms with van der Waals surface area (Å²) in [7, 11) is 1.81. The highest BCUT2D eigenvalue weighted by molar-refractivity contribution is 5.97. The lowest BCUT2D eigenvalue weighted by Crippen LogP contribution is -2.27. The van der Waals surface area contributed by atoms with E-state index in [4.69, 9.17) is 5.10 Å². The number of hydrogen-bond donors (Lipinski definition) is 0. The van der Waals surface area contributed by atoms with Crippen LogP contribution < -0.4 is 4.90 Å². The Morgan fingerprint density at radius 3 is 2.38 bits per heavy atom. The lowest BCUT2D eigenvalue weighted by molar-refractivity contribution is -0.116. The number of carbonyl (C=O) groups is 2. The third-order valence-corrected chi connectivity index (χ3v) is 6.21. The average molecular weight is 451 g/mol. The second-order valence-electron chi connectivity index (χ2n) is 8.57. The maximum absolute atomic E-state index is 13.3. The summed E-state index contributed by atoms with van der Waals surface area (Å²) in [4.78, 5) is 28.6. The molecular formula is C28H26N4O2. The molecule has 0 atom stereocenters. The smallest absolute Gasteiger partial charge is 0.253 e. The summed E-state index contributed by atoms with van der Waals surface area (Å²) in [5.41, 5.74) is 6.37. The fraction of sp³-hybridized carbons (Fsp3) is 0.179. The maximum atomic E-state index is 13.3. The van der Waals surface area contributed by atoms with Crippen LogP contribution >= 0.6 is 0 Å². The number of amides is 2. The van der Waals surface area contributed by atoms with Crippen LogP contribution in [0.15, 0.2) is 85.1 Å². The molecule has 170 valence electrons. The van der Waals surface area contributed by atoms with Crippen LogP contribution in [0.25, 0.3) is 16.9 Å². The number of carbonyl (C=O) groups excluding carboxylic acids is 2. The minimum atomic E-state index is -0.0597. The van der Waals surface area contributed by atoms with Gasteiger partial charge >= 0.3 is 0 Å². The van der Waals surface area contributed by atoms with Crippen LogP contribution in [0.1, 0.15) is 28.4 Å². The van der Waals surface area contributed by atoms with Crippen molar-refractivity contribution in [3.8, 4) is 16.9 Å². The highest BCUT2D eigenvalue weighted by atomic mass is 16.2. The van der Waals surface area contributed by atoms with E-state index in [1.807, 2.05) is 96.8 Å². The quantitative estimate of drug-likeness (QED) is 0.442. The fourth-order valence-corrected chi connectivity index (χ4v) is 4.49. The Morgan fingerprint density at radius 2 is 1.68 bits per heavy atom. The van der Waals surface area contributed by atoms with Gasteiger partial charge in [0.25, 0.3) is 5.91 Å². The number of nitrogens with zero attached hydrogens (tertiary/aromatic N) is 4. The van der Waals surface area contributed by atoms with Gasteiger partial charge in [0.05, 0.1) is 11.4 Å². The number of rotatable bonds is 5. The van der Waals surface area contributed by atoms with Crippen molar-refractivity contribution in [1.82, 2.24) is 14.7 Å². The molecule has 0 aliphatic carbocycles. The zero-order valence-electron chi connectivity index (χ0n) is 19.3. The van der Waals surface area contributed by atoms with Gasteiger partial charge in [0.2, 0.25) is 5.91 Å². The molecule has 6 heteroatoms. The molecule has 4 aromatic rings. The lowest BCUT2D eigenvalue weighted by atomic mass is 10.1. The van der Waals surface area contributed by atoms with Gasteiger partial charge < -0.3 is 9.80 Å². The SMILES string of the molecule is CC(=O)N1CCc2cc(C(=O)N(C)Cc3cn(-c4ccccc4)nc3-c3ccccc3)ccc21. The van der Waals surface area contributed by atoms with E-state index in [-0.39, 0.29) is 11.8 Å². The summed E-state index contributed by atoms with van der Waals surface area (Å²) < 4.78 is 1.86. The first-order valence-electron chi connectivity index (χ1n) is 11.4. The summed E-state index contributed by atoms with van der Waals surface area (Å²) in [5, 5.41) is 4.85. The van der Waals surface area contributed by atoms with Gasteiger partial charge in [-0.15, -0.1) is 0 Å². The second kappa shape index (κ2) is 8.98. The van der Waals surface area contributed by atoms with Gasteiger partial charge in [-0.05, 0) is 42.3 Å². The second-order valence-corrected chi connectivity index (χ2v) is 8.57. The van der Waals surface area contributed by atoms with E-state index >= 15 is 0 Å². The van der Waals surface area contributed by atoms with E-state index in [1.54, 1.807) is 16.7 Å². The molecule has 1 aromatic heterocycles. The maximum Gasteiger partial charge on any atom is 0.253 e. The van der Waals surface area contributed by atoms with Crippen molar-refractivity contribution in [3.63, 3.8) is 0 Å². The minimum Gasteiger partial charge on any atom is -0.337 e.